The molecule has 0 aromatic carbocycles. The van der Waals surface area contributed by atoms with Crippen LogP contribution in [0.3, 0.4) is 0 Å². The quantitative estimate of drug-likeness (QED) is 0.622. The molecular weight excluding hydrogens is 206 g/mol. The Morgan fingerprint density at radius 3 is 2.56 bits per heavy atom. The fraction of sp³-hybridized carbons (Fsp3) is 0.909. The maximum Gasteiger partial charge on any atom is 0.422 e. The minimum absolute atomic E-state index is 0.281. The van der Waals surface area contributed by atoms with Gasteiger partial charge in [-0.15, -0.1) is 0 Å². The molecule has 1 amide bonds. The van der Waals surface area contributed by atoms with E-state index in [9.17, 15) is 4.79 Å². The Balaban J connectivity index is 2.17. The number of ether oxygens (including phenoxy) is 1. The van der Waals surface area contributed by atoms with Gasteiger partial charge in [0.1, 0.15) is 5.60 Å². The van der Waals surface area contributed by atoms with Gasteiger partial charge >= 0.3 is 6.09 Å². The molecule has 0 aliphatic carbocycles. The van der Waals surface area contributed by atoms with Crippen LogP contribution in [-0.2, 0) is 4.74 Å². The fourth-order valence-corrected chi connectivity index (χ4v) is 1.59. The Morgan fingerprint density at radius 2 is 2.06 bits per heavy atom. The van der Waals surface area contributed by atoms with Crippen molar-refractivity contribution in [2.45, 2.75) is 58.2 Å². The molecule has 0 saturated carbocycles. The molecule has 0 bridgehead atoms. The number of carbonyl (C=O) groups excluding carboxylic acids is 1. The smallest absolute Gasteiger partial charge is 0.422 e. The van der Waals surface area contributed by atoms with Crippen LogP contribution in [0.4, 0.5) is 4.79 Å². The van der Waals surface area contributed by atoms with Gasteiger partial charge in [0.15, 0.2) is 0 Å². The third kappa shape index (κ3) is 5.32. The molecule has 0 aromatic rings. The molecule has 0 radical (unpaired) electrons. The van der Waals surface area contributed by atoms with Crippen LogP contribution in [0.1, 0.15) is 40.5 Å². The summed E-state index contributed by atoms with van der Waals surface area (Å²) < 4.78 is 5.12. The van der Waals surface area contributed by atoms with Crippen LogP contribution in [0.15, 0.2) is 0 Å². The standard InChI is InChI=1S/C11H23N3O2/c1-8-5-6-9(7-12-8)13-14-10(15)16-11(2,3)4/h8-9,12-13H,5-7H2,1-4H3,(H,14,15). The molecule has 1 fully saturated rings. The van der Waals surface area contributed by atoms with E-state index < -0.39 is 11.7 Å². The first-order valence-corrected chi connectivity index (χ1v) is 5.85. The largest absolute Gasteiger partial charge is 0.443 e. The van der Waals surface area contributed by atoms with Gasteiger partial charge in [0.25, 0.3) is 0 Å². The summed E-state index contributed by atoms with van der Waals surface area (Å²) in [5.74, 6) is 0. The molecule has 2 unspecified atom stereocenters. The van der Waals surface area contributed by atoms with Crippen molar-refractivity contribution < 1.29 is 9.53 Å². The van der Waals surface area contributed by atoms with E-state index in [0.29, 0.717) is 6.04 Å². The van der Waals surface area contributed by atoms with Crippen LogP contribution in [0.5, 0.6) is 0 Å². The van der Waals surface area contributed by atoms with Gasteiger partial charge in [-0.1, -0.05) is 0 Å². The molecule has 94 valence electrons. The van der Waals surface area contributed by atoms with E-state index in [-0.39, 0.29) is 6.04 Å². The number of hydrogen-bond donors (Lipinski definition) is 3. The van der Waals surface area contributed by atoms with Crippen molar-refractivity contribution in [3.8, 4) is 0 Å². The highest BCUT2D eigenvalue weighted by Crippen LogP contribution is 2.08. The molecule has 1 heterocycles. The van der Waals surface area contributed by atoms with Crippen molar-refractivity contribution >= 4 is 6.09 Å². The summed E-state index contributed by atoms with van der Waals surface area (Å²) >= 11 is 0. The molecule has 0 spiro atoms. The van der Waals surface area contributed by atoms with Gasteiger partial charge in [-0.05, 0) is 40.5 Å². The third-order valence-electron chi connectivity index (χ3n) is 2.44. The van der Waals surface area contributed by atoms with Crippen molar-refractivity contribution in [2.75, 3.05) is 6.54 Å². The Labute approximate surface area is 97.3 Å². The van der Waals surface area contributed by atoms with Crippen LogP contribution >= 0.6 is 0 Å². The van der Waals surface area contributed by atoms with Crippen LogP contribution < -0.4 is 16.2 Å². The molecule has 0 aromatic heterocycles. The van der Waals surface area contributed by atoms with E-state index in [2.05, 4.69) is 23.1 Å². The molecule has 5 heteroatoms. The monoisotopic (exact) mass is 229 g/mol. The first kappa shape index (κ1) is 13.3. The Morgan fingerprint density at radius 1 is 1.38 bits per heavy atom. The normalized spacial score (nSPS) is 26.2. The number of nitrogens with one attached hydrogen (secondary N) is 3. The average molecular weight is 229 g/mol. The number of hydrogen-bond acceptors (Lipinski definition) is 4. The summed E-state index contributed by atoms with van der Waals surface area (Å²) in [5, 5.41) is 3.35. The highest BCUT2D eigenvalue weighted by molar-refractivity contribution is 5.67. The minimum Gasteiger partial charge on any atom is -0.443 e. The van der Waals surface area contributed by atoms with Crippen LogP contribution in [0.2, 0.25) is 0 Å². The lowest BCUT2D eigenvalue weighted by Crippen LogP contribution is -2.53. The number of hydrazine groups is 1. The second-order valence-corrected chi connectivity index (χ2v) is 5.35. The highest BCUT2D eigenvalue weighted by atomic mass is 16.6. The second-order valence-electron chi connectivity index (χ2n) is 5.35. The zero-order valence-corrected chi connectivity index (χ0v) is 10.6. The van der Waals surface area contributed by atoms with Gasteiger partial charge < -0.3 is 10.1 Å². The van der Waals surface area contributed by atoms with Gasteiger partial charge in [0.2, 0.25) is 0 Å². The number of piperidine rings is 1. The molecular formula is C11H23N3O2. The molecule has 1 aliphatic rings. The Bertz CT molecular complexity index is 230. The van der Waals surface area contributed by atoms with Crippen molar-refractivity contribution in [3.05, 3.63) is 0 Å². The topological polar surface area (TPSA) is 62.4 Å². The lowest BCUT2D eigenvalue weighted by atomic mass is 10.0. The predicted octanol–water partition coefficient (Wildman–Crippen LogP) is 1.16. The summed E-state index contributed by atoms with van der Waals surface area (Å²) in [5.41, 5.74) is 5.10. The minimum atomic E-state index is -0.453. The summed E-state index contributed by atoms with van der Waals surface area (Å²) in [6.07, 6.45) is 1.75. The van der Waals surface area contributed by atoms with Crippen molar-refractivity contribution in [2.24, 2.45) is 0 Å². The maximum atomic E-state index is 11.3. The lowest BCUT2D eigenvalue weighted by Gasteiger charge is -2.28. The number of amides is 1. The molecule has 2 atom stereocenters. The maximum absolute atomic E-state index is 11.3. The molecule has 1 saturated heterocycles. The Hall–Kier alpha value is -0.810. The van der Waals surface area contributed by atoms with Crippen molar-refractivity contribution in [3.63, 3.8) is 0 Å². The SMILES string of the molecule is CC1CCC(NNC(=O)OC(C)(C)C)CN1. The summed E-state index contributed by atoms with van der Waals surface area (Å²) in [6, 6.07) is 0.850. The Kier molecular flexibility index (Phi) is 4.56. The van der Waals surface area contributed by atoms with Crippen LogP contribution in [0, 0.1) is 0 Å². The molecule has 1 aliphatic heterocycles. The second kappa shape index (κ2) is 5.50. The van der Waals surface area contributed by atoms with E-state index in [0.717, 1.165) is 19.4 Å². The lowest BCUT2D eigenvalue weighted by molar-refractivity contribution is 0.0483. The summed E-state index contributed by atoms with van der Waals surface area (Å²) in [7, 11) is 0. The molecule has 16 heavy (non-hydrogen) atoms. The van der Waals surface area contributed by atoms with Crippen molar-refractivity contribution in [1.82, 2.24) is 16.2 Å². The van der Waals surface area contributed by atoms with E-state index >= 15 is 0 Å². The van der Waals surface area contributed by atoms with Gasteiger partial charge in [-0.25, -0.2) is 10.2 Å². The van der Waals surface area contributed by atoms with E-state index in [1.54, 1.807) is 0 Å². The molecule has 3 N–H and O–H groups in total. The molecule has 5 nitrogen and oxygen atoms in total. The number of rotatable bonds is 2. The average Bonchev–Trinajstić information content (AvgIpc) is 2.14. The first-order valence-electron chi connectivity index (χ1n) is 5.85. The first-order chi connectivity index (χ1) is 7.37. The van der Waals surface area contributed by atoms with Gasteiger partial charge in [-0.2, -0.15) is 0 Å². The van der Waals surface area contributed by atoms with E-state index in [1.165, 1.54) is 0 Å². The third-order valence-corrected chi connectivity index (χ3v) is 2.44. The zero-order valence-electron chi connectivity index (χ0n) is 10.6. The number of carbonyl (C=O) groups is 1. The van der Waals surface area contributed by atoms with E-state index in [1.807, 2.05) is 20.8 Å². The molecule has 1 rings (SSSR count). The van der Waals surface area contributed by atoms with E-state index in [4.69, 9.17) is 4.74 Å². The van der Waals surface area contributed by atoms with Crippen LogP contribution in [0.25, 0.3) is 0 Å². The predicted molar refractivity (Wildman–Crippen MR) is 63.0 cm³/mol. The summed E-state index contributed by atoms with van der Waals surface area (Å²) in [4.78, 5) is 11.3. The highest BCUT2D eigenvalue weighted by Gasteiger charge is 2.19. The van der Waals surface area contributed by atoms with Crippen molar-refractivity contribution in [1.29, 1.82) is 0 Å². The van der Waals surface area contributed by atoms with Gasteiger partial charge in [0.05, 0.1) is 0 Å². The van der Waals surface area contributed by atoms with Gasteiger partial charge in [-0.3, -0.25) is 5.43 Å². The van der Waals surface area contributed by atoms with Crippen LogP contribution in [-0.4, -0.2) is 30.3 Å². The summed E-state index contributed by atoms with van der Waals surface area (Å²) in [6.45, 7) is 8.57. The van der Waals surface area contributed by atoms with Gasteiger partial charge in [0, 0.05) is 18.6 Å². The zero-order chi connectivity index (χ0) is 12.2. The fourth-order valence-electron chi connectivity index (χ4n) is 1.59.